The quantitative estimate of drug-likeness (QED) is 0.916. The van der Waals surface area contributed by atoms with Gasteiger partial charge in [0.15, 0.2) is 0 Å². The third-order valence-electron chi connectivity index (χ3n) is 5.01. The van der Waals surface area contributed by atoms with Gasteiger partial charge in [-0.15, -0.1) is 0 Å². The first-order chi connectivity index (χ1) is 10.7. The zero-order chi connectivity index (χ0) is 15.1. The summed E-state index contributed by atoms with van der Waals surface area (Å²) in [4.78, 5) is 14.9. The first kappa shape index (κ1) is 13.4. The van der Waals surface area contributed by atoms with Crippen LogP contribution in [-0.4, -0.2) is 40.9 Å². The number of nitriles is 1. The Morgan fingerprint density at radius 3 is 2.77 bits per heavy atom. The van der Waals surface area contributed by atoms with Crippen molar-refractivity contribution in [2.45, 2.75) is 18.9 Å². The fourth-order valence-corrected chi connectivity index (χ4v) is 3.72. The van der Waals surface area contributed by atoms with E-state index in [1.165, 1.54) is 25.9 Å². The van der Waals surface area contributed by atoms with Gasteiger partial charge in [-0.05, 0) is 50.0 Å². The van der Waals surface area contributed by atoms with E-state index in [4.69, 9.17) is 5.26 Å². The van der Waals surface area contributed by atoms with Gasteiger partial charge in [0.05, 0.1) is 16.6 Å². The maximum Gasteiger partial charge on any atom is 0.253 e. The summed E-state index contributed by atoms with van der Waals surface area (Å²) in [6, 6.07) is 7.83. The SMILES string of the molecule is N#Cc1ccn2cc(C(=O)N[C@H]3CN4CCC3CC4)ccc12. The van der Waals surface area contributed by atoms with Gasteiger partial charge in [-0.3, -0.25) is 4.79 Å². The number of piperidine rings is 3. The highest BCUT2D eigenvalue weighted by Gasteiger charge is 2.34. The van der Waals surface area contributed by atoms with Crippen molar-refractivity contribution in [2.24, 2.45) is 5.92 Å². The van der Waals surface area contributed by atoms with Crippen LogP contribution in [0.25, 0.3) is 5.52 Å². The average molecular weight is 294 g/mol. The van der Waals surface area contributed by atoms with Gasteiger partial charge < -0.3 is 14.6 Å². The Kier molecular flexibility index (Phi) is 3.12. The number of fused-ring (bicyclic) bond motifs is 4. The van der Waals surface area contributed by atoms with Crippen LogP contribution in [0.3, 0.4) is 0 Å². The van der Waals surface area contributed by atoms with E-state index in [1.807, 2.05) is 16.7 Å². The highest BCUT2D eigenvalue weighted by Crippen LogP contribution is 2.27. The molecule has 3 saturated heterocycles. The van der Waals surface area contributed by atoms with Crippen LogP contribution in [0.1, 0.15) is 28.8 Å². The van der Waals surface area contributed by atoms with Gasteiger partial charge in [0, 0.05) is 25.0 Å². The zero-order valence-electron chi connectivity index (χ0n) is 12.3. The number of amides is 1. The van der Waals surface area contributed by atoms with E-state index in [2.05, 4.69) is 16.3 Å². The summed E-state index contributed by atoms with van der Waals surface area (Å²) in [5.41, 5.74) is 2.11. The van der Waals surface area contributed by atoms with Gasteiger partial charge in [0.1, 0.15) is 6.07 Å². The number of carbonyl (C=O) groups excluding carboxylic acids is 1. The van der Waals surface area contributed by atoms with Crippen molar-refractivity contribution < 1.29 is 4.79 Å². The molecule has 0 aromatic carbocycles. The molecule has 5 heterocycles. The normalized spacial score (nSPS) is 26.8. The van der Waals surface area contributed by atoms with Gasteiger partial charge >= 0.3 is 0 Å². The van der Waals surface area contributed by atoms with Crippen LogP contribution in [0, 0.1) is 17.2 Å². The predicted octanol–water partition coefficient (Wildman–Crippen LogP) is 1.63. The van der Waals surface area contributed by atoms with E-state index in [-0.39, 0.29) is 11.9 Å². The van der Waals surface area contributed by atoms with Crippen molar-refractivity contribution in [1.82, 2.24) is 14.6 Å². The average Bonchev–Trinajstić information content (AvgIpc) is 2.98. The molecule has 3 aliphatic rings. The van der Waals surface area contributed by atoms with Crippen LogP contribution < -0.4 is 5.32 Å². The van der Waals surface area contributed by atoms with Crippen molar-refractivity contribution in [2.75, 3.05) is 19.6 Å². The van der Waals surface area contributed by atoms with E-state index < -0.39 is 0 Å². The van der Waals surface area contributed by atoms with Crippen molar-refractivity contribution in [3.63, 3.8) is 0 Å². The lowest BCUT2D eigenvalue weighted by Crippen LogP contribution is -2.57. The molecule has 3 aliphatic heterocycles. The number of nitrogens with one attached hydrogen (secondary N) is 1. The summed E-state index contributed by atoms with van der Waals surface area (Å²) < 4.78 is 1.84. The van der Waals surface area contributed by atoms with Crippen molar-refractivity contribution in [3.05, 3.63) is 41.7 Å². The molecule has 0 spiro atoms. The standard InChI is InChI=1S/C17H18N4O/c18-9-13-5-8-21-10-14(1-2-16(13)21)17(22)19-15-11-20-6-3-12(15)4-7-20/h1-2,5,8,10,12,15H,3-4,6-7,11H2,(H,19,22)/t15-/m0/s1. The molecular weight excluding hydrogens is 276 g/mol. The molecule has 5 nitrogen and oxygen atoms in total. The molecule has 0 unspecified atom stereocenters. The lowest BCUT2D eigenvalue weighted by molar-refractivity contribution is 0.0620. The number of hydrogen-bond donors (Lipinski definition) is 1. The van der Waals surface area contributed by atoms with Crippen LogP contribution in [0.4, 0.5) is 0 Å². The number of rotatable bonds is 2. The van der Waals surface area contributed by atoms with Crippen molar-refractivity contribution in [3.8, 4) is 6.07 Å². The third kappa shape index (κ3) is 2.16. The highest BCUT2D eigenvalue weighted by atomic mass is 16.1. The number of nitrogens with zero attached hydrogens (tertiary/aromatic N) is 3. The second-order valence-corrected chi connectivity index (χ2v) is 6.27. The zero-order valence-corrected chi connectivity index (χ0v) is 12.3. The second-order valence-electron chi connectivity index (χ2n) is 6.27. The summed E-state index contributed by atoms with van der Waals surface area (Å²) in [7, 11) is 0. The molecule has 1 amide bonds. The Morgan fingerprint density at radius 1 is 1.27 bits per heavy atom. The second kappa shape index (κ2) is 5.15. The Bertz CT molecular complexity index is 765. The fraction of sp³-hybridized carbons (Fsp3) is 0.412. The molecule has 5 rings (SSSR count). The Morgan fingerprint density at radius 2 is 2.09 bits per heavy atom. The molecule has 2 aromatic rings. The highest BCUT2D eigenvalue weighted by molar-refractivity contribution is 5.94. The molecule has 3 fully saturated rings. The van der Waals surface area contributed by atoms with Gasteiger partial charge in [0.25, 0.3) is 5.91 Å². The molecule has 2 aromatic heterocycles. The van der Waals surface area contributed by atoms with E-state index in [0.29, 0.717) is 17.0 Å². The molecule has 112 valence electrons. The first-order valence-electron chi connectivity index (χ1n) is 7.78. The summed E-state index contributed by atoms with van der Waals surface area (Å²) >= 11 is 0. The van der Waals surface area contributed by atoms with Crippen LogP contribution in [0.5, 0.6) is 0 Å². The van der Waals surface area contributed by atoms with Gasteiger partial charge in [-0.2, -0.15) is 5.26 Å². The smallest absolute Gasteiger partial charge is 0.253 e. The number of hydrogen-bond acceptors (Lipinski definition) is 3. The van der Waals surface area contributed by atoms with E-state index in [1.54, 1.807) is 18.3 Å². The summed E-state index contributed by atoms with van der Waals surface area (Å²) in [6.45, 7) is 3.31. The molecule has 0 aliphatic carbocycles. The lowest BCUT2D eigenvalue weighted by Gasteiger charge is -2.44. The number of carbonyl (C=O) groups is 1. The summed E-state index contributed by atoms with van der Waals surface area (Å²) in [5, 5.41) is 12.2. The van der Waals surface area contributed by atoms with E-state index in [0.717, 1.165) is 12.1 Å². The maximum absolute atomic E-state index is 12.5. The van der Waals surface area contributed by atoms with Gasteiger partial charge in [0.2, 0.25) is 0 Å². The number of pyridine rings is 1. The van der Waals surface area contributed by atoms with Crippen molar-refractivity contribution >= 4 is 11.4 Å². The fourth-order valence-electron chi connectivity index (χ4n) is 3.72. The minimum absolute atomic E-state index is 0.0205. The topological polar surface area (TPSA) is 60.5 Å². The van der Waals surface area contributed by atoms with Gasteiger partial charge in [-0.1, -0.05) is 0 Å². The lowest BCUT2D eigenvalue weighted by atomic mass is 9.84. The molecular formula is C17H18N4O. The molecule has 2 bridgehead atoms. The number of aromatic nitrogens is 1. The predicted molar refractivity (Wildman–Crippen MR) is 82.5 cm³/mol. The minimum atomic E-state index is -0.0205. The Labute approximate surface area is 129 Å². The van der Waals surface area contributed by atoms with Crippen molar-refractivity contribution in [1.29, 1.82) is 5.26 Å². The molecule has 1 atom stereocenters. The largest absolute Gasteiger partial charge is 0.348 e. The maximum atomic E-state index is 12.5. The minimum Gasteiger partial charge on any atom is -0.348 e. The summed E-state index contributed by atoms with van der Waals surface area (Å²) in [5.74, 6) is 0.599. The molecule has 1 N–H and O–H groups in total. The molecule has 5 heteroatoms. The monoisotopic (exact) mass is 294 g/mol. The first-order valence-corrected chi connectivity index (χ1v) is 7.78. The van der Waals surface area contributed by atoms with Crippen LogP contribution in [0.15, 0.2) is 30.6 Å². The molecule has 0 radical (unpaired) electrons. The molecule has 0 saturated carbocycles. The van der Waals surface area contributed by atoms with Crippen LogP contribution >= 0.6 is 0 Å². The van der Waals surface area contributed by atoms with E-state index >= 15 is 0 Å². The Balaban J connectivity index is 1.54. The summed E-state index contributed by atoms with van der Waals surface area (Å²) in [6.07, 6.45) is 5.99. The van der Waals surface area contributed by atoms with Crippen LogP contribution in [0.2, 0.25) is 0 Å². The Hall–Kier alpha value is -2.32. The van der Waals surface area contributed by atoms with Crippen LogP contribution in [-0.2, 0) is 0 Å². The van der Waals surface area contributed by atoms with E-state index in [9.17, 15) is 4.79 Å². The third-order valence-corrected chi connectivity index (χ3v) is 5.01. The molecule has 22 heavy (non-hydrogen) atoms. The van der Waals surface area contributed by atoms with Gasteiger partial charge in [-0.25, -0.2) is 0 Å².